The van der Waals surface area contributed by atoms with E-state index in [0.29, 0.717) is 0 Å². The fourth-order valence-corrected chi connectivity index (χ4v) is 0.858. The van der Waals surface area contributed by atoms with E-state index in [9.17, 15) is 0 Å². The van der Waals surface area contributed by atoms with Crippen LogP contribution < -0.4 is 5.73 Å². The second-order valence-electron chi connectivity index (χ2n) is 2.67. The van der Waals surface area contributed by atoms with Crippen molar-refractivity contribution in [2.24, 2.45) is 11.7 Å². The highest BCUT2D eigenvalue weighted by Crippen LogP contribution is 2.05. The molecule has 0 aliphatic rings. The van der Waals surface area contributed by atoms with Crippen molar-refractivity contribution < 1.29 is 4.74 Å². The van der Waals surface area contributed by atoms with Crippen molar-refractivity contribution in [1.29, 1.82) is 0 Å². The fraction of sp³-hybridized carbons (Fsp3) is 1.00. The molecular formula is C8H19NO. The molecule has 0 saturated carbocycles. The molecule has 10 heavy (non-hydrogen) atoms. The number of rotatable bonds is 6. The van der Waals surface area contributed by atoms with Gasteiger partial charge in [-0.15, -0.1) is 0 Å². The minimum atomic E-state index is 0.719. The van der Waals surface area contributed by atoms with Crippen molar-refractivity contribution in [3.05, 3.63) is 0 Å². The van der Waals surface area contributed by atoms with Crippen molar-refractivity contribution in [3.8, 4) is 0 Å². The first-order chi connectivity index (χ1) is 4.81. The van der Waals surface area contributed by atoms with E-state index in [1.165, 1.54) is 0 Å². The van der Waals surface area contributed by atoms with Gasteiger partial charge >= 0.3 is 0 Å². The van der Waals surface area contributed by atoms with Crippen molar-refractivity contribution >= 4 is 0 Å². The van der Waals surface area contributed by atoms with Gasteiger partial charge < -0.3 is 10.5 Å². The molecule has 0 heterocycles. The largest absolute Gasteiger partial charge is 0.382 e. The van der Waals surface area contributed by atoms with E-state index in [1.54, 1.807) is 0 Å². The second kappa shape index (κ2) is 7.03. The number of hydrogen-bond donors (Lipinski definition) is 1. The summed E-state index contributed by atoms with van der Waals surface area (Å²) in [5.74, 6) is 0.719. The van der Waals surface area contributed by atoms with Gasteiger partial charge in [0.05, 0.1) is 0 Å². The molecule has 1 unspecified atom stereocenters. The Kier molecular flexibility index (Phi) is 6.98. The molecule has 2 nitrogen and oxygen atoms in total. The lowest BCUT2D eigenvalue weighted by molar-refractivity contribution is 0.133. The van der Waals surface area contributed by atoms with Crippen LogP contribution in [0.5, 0.6) is 0 Å². The molecule has 0 rings (SSSR count). The minimum absolute atomic E-state index is 0.719. The van der Waals surface area contributed by atoms with Gasteiger partial charge in [-0.2, -0.15) is 0 Å². The second-order valence-corrected chi connectivity index (χ2v) is 2.67. The molecule has 0 saturated heterocycles. The van der Waals surface area contributed by atoms with Gasteiger partial charge in [0.2, 0.25) is 0 Å². The molecular weight excluding hydrogens is 126 g/mol. The monoisotopic (exact) mass is 145 g/mol. The molecule has 0 aliphatic carbocycles. The maximum Gasteiger partial charge on any atom is 0.0468 e. The van der Waals surface area contributed by atoms with E-state index in [4.69, 9.17) is 10.5 Å². The van der Waals surface area contributed by atoms with Gasteiger partial charge in [0, 0.05) is 13.2 Å². The summed E-state index contributed by atoms with van der Waals surface area (Å²) >= 11 is 0. The van der Waals surface area contributed by atoms with Crippen LogP contribution in [0.4, 0.5) is 0 Å². The van der Waals surface area contributed by atoms with Gasteiger partial charge in [-0.3, -0.25) is 0 Å². The SMILES string of the molecule is CCOCCC(C)CCN. The normalized spacial score (nSPS) is 13.5. The number of nitrogens with two attached hydrogens (primary N) is 1. The summed E-state index contributed by atoms with van der Waals surface area (Å²) in [6.07, 6.45) is 2.26. The smallest absolute Gasteiger partial charge is 0.0468 e. The van der Waals surface area contributed by atoms with Crippen LogP contribution in [-0.2, 0) is 4.74 Å². The zero-order chi connectivity index (χ0) is 7.82. The first-order valence-corrected chi connectivity index (χ1v) is 4.09. The standard InChI is InChI=1S/C8H19NO/c1-3-10-7-5-8(2)4-6-9/h8H,3-7,9H2,1-2H3. The van der Waals surface area contributed by atoms with Crippen LogP contribution in [0.3, 0.4) is 0 Å². The van der Waals surface area contributed by atoms with E-state index < -0.39 is 0 Å². The number of ether oxygens (including phenoxy) is 1. The van der Waals surface area contributed by atoms with E-state index in [-0.39, 0.29) is 0 Å². The van der Waals surface area contributed by atoms with E-state index in [1.807, 2.05) is 6.92 Å². The highest BCUT2D eigenvalue weighted by molar-refractivity contribution is 4.52. The Morgan fingerprint density at radius 3 is 2.60 bits per heavy atom. The third-order valence-electron chi connectivity index (χ3n) is 1.62. The molecule has 2 heteroatoms. The molecule has 0 spiro atoms. The van der Waals surface area contributed by atoms with Gasteiger partial charge in [-0.1, -0.05) is 6.92 Å². The van der Waals surface area contributed by atoms with Gasteiger partial charge in [-0.05, 0) is 32.2 Å². The maximum atomic E-state index is 5.39. The molecule has 1 atom stereocenters. The molecule has 62 valence electrons. The van der Waals surface area contributed by atoms with Gasteiger partial charge in [0.25, 0.3) is 0 Å². The topological polar surface area (TPSA) is 35.2 Å². The summed E-state index contributed by atoms with van der Waals surface area (Å²) in [7, 11) is 0. The fourth-order valence-electron chi connectivity index (χ4n) is 0.858. The van der Waals surface area contributed by atoms with Crippen LogP contribution in [0.1, 0.15) is 26.7 Å². The van der Waals surface area contributed by atoms with Crippen molar-refractivity contribution in [2.45, 2.75) is 26.7 Å². The summed E-state index contributed by atoms with van der Waals surface area (Å²) in [6.45, 7) is 6.75. The molecule has 0 aromatic heterocycles. The quantitative estimate of drug-likeness (QED) is 0.573. The summed E-state index contributed by atoms with van der Waals surface area (Å²) < 4.78 is 5.21. The van der Waals surface area contributed by atoms with Crippen molar-refractivity contribution in [3.63, 3.8) is 0 Å². The predicted octanol–water partition coefficient (Wildman–Crippen LogP) is 1.40. The van der Waals surface area contributed by atoms with E-state index in [0.717, 1.165) is 38.5 Å². The third kappa shape index (κ3) is 6.05. The highest BCUT2D eigenvalue weighted by Gasteiger charge is 1.98. The Bertz CT molecular complexity index is 66.3. The van der Waals surface area contributed by atoms with Crippen LogP contribution in [0, 0.1) is 5.92 Å². The Morgan fingerprint density at radius 2 is 2.10 bits per heavy atom. The zero-order valence-corrected chi connectivity index (χ0v) is 7.10. The third-order valence-corrected chi connectivity index (χ3v) is 1.62. The molecule has 0 aromatic rings. The van der Waals surface area contributed by atoms with Crippen LogP contribution in [0.25, 0.3) is 0 Å². The van der Waals surface area contributed by atoms with E-state index >= 15 is 0 Å². The van der Waals surface area contributed by atoms with Crippen molar-refractivity contribution in [1.82, 2.24) is 0 Å². The molecule has 0 radical (unpaired) electrons. The van der Waals surface area contributed by atoms with Crippen LogP contribution in [0.15, 0.2) is 0 Å². The van der Waals surface area contributed by atoms with E-state index in [2.05, 4.69) is 6.92 Å². The summed E-state index contributed by atoms with van der Waals surface area (Å²) in [5, 5.41) is 0. The highest BCUT2D eigenvalue weighted by atomic mass is 16.5. The van der Waals surface area contributed by atoms with Crippen LogP contribution >= 0.6 is 0 Å². The average Bonchev–Trinajstić information content (AvgIpc) is 1.89. The summed E-state index contributed by atoms with van der Waals surface area (Å²) in [4.78, 5) is 0. The predicted molar refractivity (Wildman–Crippen MR) is 43.9 cm³/mol. The number of hydrogen-bond acceptors (Lipinski definition) is 2. The molecule has 0 amide bonds. The lowest BCUT2D eigenvalue weighted by Gasteiger charge is -2.08. The Labute approximate surface area is 63.7 Å². The van der Waals surface area contributed by atoms with Gasteiger partial charge in [0.1, 0.15) is 0 Å². The summed E-state index contributed by atoms with van der Waals surface area (Å²) in [6, 6.07) is 0. The average molecular weight is 145 g/mol. The van der Waals surface area contributed by atoms with Gasteiger partial charge in [0.15, 0.2) is 0 Å². The first kappa shape index (κ1) is 9.92. The van der Waals surface area contributed by atoms with Crippen LogP contribution in [-0.4, -0.2) is 19.8 Å². The zero-order valence-electron chi connectivity index (χ0n) is 7.10. The van der Waals surface area contributed by atoms with Gasteiger partial charge in [-0.25, -0.2) is 0 Å². The van der Waals surface area contributed by atoms with Crippen molar-refractivity contribution in [2.75, 3.05) is 19.8 Å². The molecule has 0 aromatic carbocycles. The minimum Gasteiger partial charge on any atom is -0.382 e. The molecule has 0 fully saturated rings. The Morgan fingerprint density at radius 1 is 1.40 bits per heavy atom. The first-order valence-electron chi connectivity index (χ1n) is 4.09. The van der Waals surface area contributed by atoms with Crippen LogP contribution in [0.2, 0.25) is 0 Å². The summed E-state index contributed by atoms with van der Waals surface area (Å²) in [5.41, 5.74) is 5.39. The Hall–Kier alpha value is -0.0800. The molecule has 0 bridgehead atoms. The lowest BCUT2D eigenvalue weighted by Crippen LogP contribution is -2.08. The Balaban J connectivity index is 2.97. The maximum absolute atomic E-state index is 5.39. The molecule has 0 aliphatic heterocycles. The lowest BCUT2D eigenvalue weighted by atomic mass is 10.1. The molecule has 2 N–H and O–H groups in total.